The monoisotopic (exact) mass is 294 g/mol. The average Bonchev–Trinajstić information content (AvgIpc) is 2.80. The molecule has 2 rings (SSSR count). The minimum atomic E-state index is -0.816. The normalized spacial score (nSPS) is 10.7. The fourth-order valence-electron chi connectivity index (χ4n) is 1.92. The largest absolute Gasteiger partial charge is 0.481 e. The minimum Gasteiger partial charge on any atom is -0.481 e. The number of unbranched alkanes of at least 4 members (excludes halogenated alkanes) is 1. The van der Waals surface area contributed by atoms with Crippen molar-refractivity contribution in [2.75, 3.05) is 6.54 Å². The molecule has 1 aromatic carbocycles. The zero-order chi connectivity index (χ0) is 14.5. The van der Waals surface area contributed by atoms with Gasteiger partial charge in [0.15, 0.2) is 0 Å². The van der Waals surface area contributed by atoms with Crippen molar-refractivity contribution in [1.82, 2.24) is 10.3 Å². The summed E-state index contributed by atoms with van der Waals surface area (Å²) < 4.78 is 0. The summed E-state index contributed by atoms with van der Waals surface area (Å²) in [5.74, 6) is -1.02. The van der Waals surface area contributed by atoms with Crippen LogP contribution >= 0.6 is 11.6 Å². The highest BCUT2D eigenvalue weighted by Crippen LogP contribution is 2.19. The van der Waals surface area contributed by atoms with Crippen molar-refractivity contribution < 1.29 is 14.7 Å². The molecule has 1 aromatic heterocycles. The second-order valence-corrected chi connectivity index (χ2v) is 4.96. The van der Waals surface area contributed by atoms with E-state index in [0.29, 0.717) is 30.1 Å². The molecule has 2 aromatic rings. The number of aliphatic carboxylic acids is 1. The molecule has 0 saturated carbocycles. The van der Waals surface area contributed by atoms with Crippen LogP contribution in [0.1, 0.15) is 29.8 Å². The van der Waals surface area contributed by atoms with E-state index >= 15 is 0 Å². The summed E-state index contributed by atoms with van der Waals surface area (Å²) >= 11 is 5.88. The van der Waals surface area contributed by atoms with Crippen molar-refractivity contribution in [3.05, 3.63) is 35.0 Å². The standard InChI is InChI=1S/C14H15ClN2O3/c15-10-5-4-9-7-12(17-11(9)8-10)14(20)16-6-2-1-3-13(18)19/h4-5,7-8,17H,1-3,6H2,(H,16,20)(H,18,19). The number of H-pyrrole nitrogens is 1. The zero-order valence-electron chi connectivity index (χ0n) is 10.8. The van der Waals surface area contributed by atoms with Crippen LogP contribution in [0.25, 0.3) is 10.9 Å². The number of fused-ring (bicyclic) bond motifs is 1. The van der Waals surface area contributed by atoms with Crippen LogP contribution in [-0.4, -0.2) is 28.5 Å². The Morgan fingerprint density at radius 3 is 2.80 bits per heavy atom. The lowest BCUT2D eigenvalue weighted by atomic mass is 10.2. The van der Waals surface area contributed by atoms with E-state index < -0.39 is 5.97 Å². The summed E-state index contributed by atoms with van der Waals surface area (Å²) in [6.45, 7) is 0.461. The molecule has 0 unspecified atom stereocenters. The minimum absolute atomic E-state index is 0.126. The van der Waals surface area contributed by atoms with Gasteiger partial charge in [-0.25, -0.2) is 0 Å². The van der Waals surface area contributed by atoms with E-state index in [1.807, 2.05) is 6.07 Å². The first-order valence-corrected chi connectivity index (χ1v) is 6.72. The number of aromatic nitrogens is 1. The lowest BCUT2D eigenvalue weighted by Crippen LogP contribution is -2.24. The molecule has 1 amide bonds. The van der Waals surface area contributed by atoms with Crippen LogP contribution in [0.4, 0.5) is 0 Å². The fraction of sp³-hybridized carbons (Fsp3) is 0.286. The first kappa shape index (κ1) is 14.4. The van der Waals surface area contributed by atoms with Gasteiger partial charge in [0.1, 0.15) is 5.69 Å². The van der Waals surface area contributed by atoms with Gasteiger partial charge in [-0.1, -0.05) is 17.7 Å². The van der Waals surface area contributed by atoms with Gasteiger partial charge in [0, 0.05) is 28.9 Å². The Morgan fingerprint density at radius 1 is 1.25 bits per heavy atom. The van der Waals surface area contributed by atoms with E-state index in [-0.39, 0.29) is 12.3 Å². The van der Waals surface area contributed by atoms with Crippen LogP contribution in [0, 0.1) is 0 Å². The lowest BCUT2D eigenvalue weighted by molar-refractivity contribution is -0.137. The summed E-state index contributed by atoms with van der Waals surface area (Å²) in [6.07, 6.45) is 1.32. The molecule has 0 radical (unpaired) electrons. The topological polar surface area (TPSA) is 82.2 Å². The summed E-state index contributed by atoms with van der Waals surface area (Å²) in [4.78, 5) is 25.3. The van der Waals surface area contributed by atoms with Crippen LogP contribution in [-0.2, 0) is 4.79 Å². The summed E-state index contributed by atoms with van der Waals surface area (Å²) in [5, 5.41) is 12.8. The van der Waals surface area contributed by atoms with Gasteiger partial charge in [-0.3, -0.25) is 9.59 Å². The summed E-state index contributed by atoms with van der Waals surface area (Å²) in [7, 11) is 0. The molecule has 5 nitrogen and oxygen atoms in total. The Balaban J connectivity index is 1.89. The van der Waals surface area contributed by atoms with Gasteiger partial charge in [-0.15, -0.1) is 0 Å². The van der Waals surface area contributed by atoms with E-state index in [1.165, 1.54) is 0 Å². The molecule has 6 heteroatoms. The maximum absolute atomic E-state index is 11.9. The predicted octanol–water partition coefficient (Wildman–Crippen LogP) is 2.81. The van der Waals surface area contributed by atoms with E-state index in [1.54, 1.807) is 18.2 Å². The number of halogens is 1. The van der Waals surface area contributed by atoms with Crippen molar-refractivity contribution in [2.45, 2.75) is 19.3 Å². The van der Waals surface area contributed by atoms with Crippen LogP contribution in [0.3, 0.4) is 0 Å². The van der Waals surface area contributed by atoms with Crippen LogP contribution in [0.5, 0.6) is 0 Å². The van der Waals surface area contributed by atoms with Crippen molar-refractivity contribution >= 4 is 34.4 Å². The van der Waals surface area contributed by atoms with Gasteiger partial charge in [-0.2, -0.15) is 0 Å². The van der Waals surface area contributed by atoms with Crippen LogP contribution in [0.15, 0.2) is 24.3 Å². The third-order valence-electron chi connectivity index (χ3n) is 2.93. The maximum Gasteiger partial charge on any atom is 0.303 e. The first-order chi connectivity index (χ1) is 9.56. The van der Waals surface area contributed by atoms with Gasteiger partial charge < -0.3 is 15.4 Å². The molecule has 1 heterocycles. The Labute approximate surface area is 120 Å². The highest BCUT2D eigenvalue weighted by Gasteiger charge is 2.09. The van der Waals surface area contributed by atoms with E-state index in [4.69, 9.17) is 16.7 Å². The summed E-state index contributed by atoms with van der Waals surface area (Å²) in [5.41, 5.74) is 1.29. The molecular formula is C14H15ClN2O3. The number of hydrogen-bond acceptors (Lipinski definition) is 2. The van der Waals surface area contributed by atoms with Crippen molar-refractivity contribution in [2.24, 2.45) is 0 Å². The van der Waals surface area contributed by atoms with Gasteiger partial charge in [-0.05, 0) is 31.0 Å². The number of rotatable bonds is 6. The fourth-order valence-corrected chi connectivity index (χ4v) is 2.09. The van der Waals surface area contributed by atoms with Gasteiger partial charge in [0.05, 0.1) is 0 Å². The van der Waals surface area contributed by atoms with Crippen LogP contribution < -0.4 is 5.32 Å². The van der Waals surface area contributed by atoms with Gasteiger partial charge in [0.25, 0.3) is 5.91 Å². The number of hydrogen-bond donors (Lipinski definition) is 3. The van der Waals surface area contributed by atoms with E-state index in [0.717, 1.165) is 10.9 Å². The number of benzene rings is 1. The zero-order valence-corrected chi connectivity index (χ0v) is 11.5. The number of carbonyl (C=O) groups excluding carboxylic acids is 1. The third-order valence-corrected chi connectivity index (χ3v) is 3.17. The predicted molar refractivity (Wildman–Crippen MR) is 77.1 cm³/mol. The molecule has 0 bridgehead atoms. The number of nitrogens with one attached hydrogen (secondary N) is 2. The SMILES string of the molecule is O=C(O)CCCCNC(=O)c1cc2ccc(Cl)cc2[nH]1. The number of carboxylic acids is 1. The van der Waals surface area contributed by atoms with E-state index in [2.05, 4.69) is 10.3 Å². The number of carboxylic acid groups (broad SMARTS) is 1. The smallest absolute Gasteiger partial charge is 0.303 e. The molecular weight excluding hydrogens is 280 g/mol. The van der Waals surface area contributed by atoms with Gasteiger partial charge >= 0.3 is 5.97 Å². The molecule has 0 aliphatic carbocycles. The van der Waals surface area contributed by atoms with Crippen molar-refractivity contribution in [3.8, 4) is 0 Å². The molecule has 0 atom stereocenters. The molecule has 106 valence electrons. The Kier molecular flexibility index (Phi) is 4.63. The molecule has 0 aliphatic heterocycles. The number of carbonyl (C=O) groups is 2. The van der Waals surface area contributed by atoms with Crippen LogP contribution in [0.2, 0.25) is 5.02 Å². The highest BCUT2D eigenvalue weighted by atomic mass is 35.5. The average molecular weight is 295 g/mol. The number of amides is 1. The molecule has 0 spiro atoms. The molecule has 3 N–H and O–H groups in total. The molecule has 0 saturated heterocycles. The maximum atomic E-state index is 11.9. The second-order valence-electron chi connectivity index (χ2n) is 4.52. The Hall–Kier alpha value is -2.01. The quantitative estimate of drug-likeness (QED) is 0.716. The third kappa shape index (κ3) is 3.74. The number of aromatic amines is 1. The molecule has 20 heavy (non-hydrogen) atoms. The molecule has 0 aliphatic rings. The summed E-state index contributed by atoms with van der Waals surface area (Å²) in [6, 6.07) is 7.14. The van der Waals surface area contributed by atoms with Crippen molar-refractivity contribution in [3.63, 3.8) is 0 Å². The molecule has 0 fully saturated rings. The second kappa shape index (κ2) is 6.43. The van der Waals surface area contributed by atoms with Gasteiger partial charge in [0.2, 0.25) is 0 Å². The first-order valence-electron chi connectivity index (χ1n) is 6.34. The Morgan fingerprint density at radius 2 is 2.05 bits per heavy atom. The Bertz CT molecular complexity index is 636. The highest BCUT2D eigenvalue weighted by molar-refractivity contribution is 6.31. The van der Waals surface area contributed by atoms with E-state index in [9.17, 15) is 9.59 Å². The lowest BCUT2D eigenvalue weighted by Gasteiger charge is -2.02. The van der Waals surface area contributed by atoms with Crippen molar-refractivity contribution in [1.29, 1.82) is 0 Å².